The molecule has 1 fully saturated rings. The number of H-pyrrole nitrogens is 1. The summed E-state index contributed by atoms with van der Waals surface area (Å²) in [6, 6.07) is 1.60. The Balaban J connectivity index is 1.87. The first-order chi connectivity index (χ1) is 9.58. The lowest BCUT2D eigenvalue weighted by molar-refractivity contribution is -0.0701. The molecule has 20 heavy (non-hydrogen) atoms. The number of carboxylic acid groups (broad SMARTS) is 1. The van der Waals surface area contributed by atoms with Crippen molar-refractivity contribution in [1.29, 1.82) is 0 Å². The quantitative estimate of drug-likeness (QED) is 0.910. The molecule has 1 atom stereocenters. The Kier molecular flexibility index (Phi) is 3.35. The molecular formula is C14H16N2O3S. The van der Waals surface area contributed by atoms with Gasteiger partial charge in [-0.2, -0.15) is 0 Å². The summed E-state index contributed by atoms with van der Waals surface area (Å²) < 4.78 is 5.89. The molecule has 2 aromatic heterocycles. The summed E-state index contributed by atoms with van der Waals surface area (Å²) >= 11 is 1.57. The third kappa shape index (κ3) is 2.36. The molecule has 3 heterocycles. The Hall–Kier alpha value is -1.66. The zero-order valence-corrected chi connectivity index (χ0v) is 12.0. The molecule has 1 saturated heterocycles. The fraction of sp³-hybridized carbons (Fsp3) is 0.429. The Morgan fingerprint density at radius 1 is 1.55 bits per heavy atom. The molecule has 0 radical (unpaired) electrons. The SMILES string of the molecule is CC1(c2nc(-c3c[nH]c(C(=O)O)c3)cs2)CCCCO1. The van der Waals surface area contributed by atoms with Crippen molar-refractivity contribution in [2.24, 2.45) is 0 Å². The van der Waals surface area contributed by atoms with Gasteiger partial charge in [-0.15, -0.1) is 11.3 Å². The van der Waals surface area contributed by atoms with Crippen molar-refractivity contribution in [1.82, 2.24) is 9.97 Å². The molecule has 0 aromatic carbocycles. The van der Waals surface area contributed by atoms with Crippen molar-refractivity contribution in [2.45, 2.75) is 31.8 Å². The molecule has 2 aromatic rings. The van der Waals surface area contributed by atoms with Crippen LogP contribution in [-0.2, 0) is 10.3 Å². The molecule has 0 amide bonds. The van der Waals surface area contributed by atoms with Crippen molar-refractivity contribution < 1.29 is 14.6 Å². The van der Waals surface area contributed by atoms with E-state index in [4.69, 9.17) is 9.84 Å². The number of aromatic amines is 1. The van der Waals surface area contributed by atoms with Crippen molar-refractivity contribution in [3.63, 3.8) is 0 Å². The van der Waals surface area contributed by atoms with Crippen LogP contribution in [0.15, 0.2) is 17.6 Å². The average Bonchev–Trinajstić information content (AvgIpc) is 3.09. The first-order valence-electron chi connectivity index (χ1n) is 6.60. The van der Waals surface area contributed by atoms with E-state index in [1.165, 1.54) is 0 Å². The van der Waals surface area contributed by atoms with Crippen LogP contribution in [0.3, 0.4) is 0 Å². The predicted octanol–water partition coefficient (Wildman–Crippen LogP) is 3.25. The molecule has 6 heteroatoms. The number of carbonyl (C=O) groups is 1. The van der Waals surface area contributed by atoms with E-state index in [0.29, 0.717) is 0 Å². The van der Waals surface area contributed by atoms with E-state index >= 15 is 0 Å². The monoisotopic (exact) mass is 292 g/mol. The lowest BCUT2D eigenvalue weighted by Crippen LogP contribution is -2.29. The third-order valence-electron chi connectivity index (χ3n) is 3.63. The summed E-state index contributed by atoms with van der Waals surface area (Å²) in [6.45, 7) is 2.85. The second-order valence-electron chi connectivity index (χ2n) is 5.18. The minimum Gasteiger partial charge on any atom is -0.477 e. The Labute approximate surface area is 120 Å². The van der Waals surface area contributed by atoms with Crippen LogP contribution in [0.4, 0.5) is 0 Å². The van der Waals surface area contributed by atoms with Crippen LogP contribution in [0.2, 0.25) is 0 Å². The first-order valence-corrected chi connectivity index (χ1v) is 7.48. The smallest absolute Gasteiger partial charge is 0.352 e. The maximum atomic E-state index is 10.9. The van der Waals surface area contributed by atoms with E-state index in [0.717, 1.165) is 42.1 Å². The minimum atomic E-state index is -0.964. The van der Waals surface area contributed by atoms with Crippen LogP contribution in [0, 0.1) is 0 Å². The summed E-state index contributed by atoms with van der Waals surface area (Å²) in [5.41, 5.74) is 1.47. The molecule has 1 aliphatic rings. The molecule has 0 bridgehead atoms. The third-order valence-corrected chi connectivity index (χ3v) is 4.72. The topological polar surface area (TPSA) is 75.2 Å². The van der Waals surface area contributed by atoms with Crippen LogP contribution in [0.5, 0.6) is 0 Å². The zero-order chi connectivity index (χ0) is 14.2. The fourth-order valence-corrected chi connectivity index (χ4v) is 3.39. The summed E-state index contributed by atoms with van der Waals surface area (Å²) in [4.78, 5) is 18.2. The van der Waals surface area contributed by atoms with E-state index in [1.54, 1.807) is 23.6 Å². The Morgan fingerprint density at radius 3 is 3.05 bits per heavy atom. The number of hydrogen-bond donors (Lipinski definition) is 2. The van der Waals surface area contributed by atoms with Gasteiger partial charge >= 0.3 is 5.97 Å². The van der Waals surface area contributed by atoms with Gasteiger partial charge in [-0.1, -0.05) is 0 Å². The van der Waals surface area contributed by atoms with Gasteiger partial charge in [0.25, 0.3) is 0 Å². The van der Waals surface area contributed by atoms with Gasteiger partial charge in [-0.05, 0) is 32.3 Å². The van der Waals surface area contributed by atoms with Gasteiger partial charge in [-0.3, -0.25) is 0 Å². The molecule has 0 spiro atoms. The van der Waals surface area contributed by atoms with E-state index in [2.05, 4.69) is 16.9 Å². The van der Waals surface area contributed by atoms with Crippen molar-refractivity contribution in [2.75, 3.05) is 6.61 Å². The van der Waals surface area contributed by atoms with Crippen molar-refractivity contribution in [3.05, 3.63) is 28.3 Å². The highest BCUT2D eigenvalue weighted by Crippen LogP contribution is 2.37. The van der Waals surface area contributed by atoms with Crippen LogP contribution in [0.1, 0.15) is 41.7 Å². The zero-order valence-electron chi connectivity index (χ0n) is 11.2. The number of aromatic nitrogens is 2. The summed E-state index contributed by atoms with van der Waals surface area (Å²) in [5.74, 6) is -0.964. The molecule has 106 valence electrons. The highest BCUT2D eigenvalue weighted by atomic mass is 32.1. The molecule has 0 saturated carbocycles. The first kappa shape index (κ1) is 13.3. The predicted molar refractivity (Wildman–Crippen MR) is 76.0 cm³/mol. The van der Waals surface area contributed by atoms with Gasteiger partial charge in [0.05, 0.1) is 5.69 Å². The summed E-state index contributed by atoms with van der Waals surface area (Å²) in [7, 11) is 0. The minimum absolute atomic E-state index is 0.176. The number of hydrogen-bond acceptors (Lipinski definition) is 4. The fourth-order valence-electron chi connectivity index (χ4n) is 2.42. The maximum Gasteiger partial charge on any atom is 0.352 e. The van der Waals surface area contributed by atoms with Crippen LogP contribution in [0.25, 0.3) is 11.3 Å². The number of nitrogens with one attached hydrogen (secondary N) is 1. The number of carboxylic acids is 1. The molecule has 1 aliphatic heterocycles. The van der Waals surface area contributed by atoms with Crippen molar-refractivity contribution >= 4 is 17.3 Å². The lowest BCUT2D eigenvalue weighted by Gasteiger charge is -2.31. The normalized spacial score (nSPS) is 22.9. The number of rotatable bonds is 3. The second-order valence-corrected chi connectivity index (χ2v) is 6.04. The highest BCUT2D eigenvalue weighted by molar-refractivity contribution is 7.10. The van der Waals surface area contributed by atoms with Gasteiger partial charge in [0.2, 0.25) is 0 Å². The Morgan fingerprint density at radius 2 is 2.40 bits per heavy atom. The maximum absolute atomic E-state index is 10.9. The van der Waals surface area contributed by atoms with Gasteiger partial charge < -0.3 is 14.8 Å². The largest absolute Gasteiger partial charge is 0.477 e. The summed E-state index contributed by atoms with van der Waals surface area (Å²) in [5, 5.41) is 11.8. The van der Waals surface area contributed by atoms with E-state index in [9.17, 15) is 4.79 Å². The molecule has 1 unspecified atom stereocenters. The van der Waals surface area contributed by atoms with Gasteiger partial charge in [0.1, 0.15) is 16.3 Å². The van der Waals surface area contributed by atoms with Crippen LogP contribution < -0.4 is 0 Å². The molecule has 0 aliphatic carbocycles. The van der Waals surface area contributed by atoms with Crippen molar-refractivity contribution in [3.8, 4) is 11.3 Å². The number of thiazole rings is 1. The van der Waals surface area contributed by atoms with Gasteiger partial charge in [0.15, 0.2) is 0 Å². The number of nitrogens with zero attached hydrogens (tertiary/aromatic N) is 1. The average molecular weight is 292 g/mol. The second kappa shape index (κ2) is 5.03. The van der Waals surface area contributed by atoms with Crippen LogP contribution in [-0.4, -0.2) is 27.7 Å². The van der Waals surface area contributed by atoms with Gasteiger partial charge in [0, 0.05) is 23.7 Å². The molecular weight excluding hydrogens is 276 g/mol. The van der Waals surface area contributed by atoms with E-state index in [-0.39, 0.29) is 11.3 Å². The Bertz CT molecular complexity index is 626. The molecule has 3 rings (SSSR count). The standard InChI is InChI=1S/C14H16N2O3S/c1-14(4-2-3-5-19-14)13-16-11(8-20-13)9-6-10(12(17)18)15-7-9/h6-8,15H,2-5H2,1H3,(H,17,18). The van der Waals surface area contributed by atoms with E-state index < -0.39 is 5.97 Å². The molecule has 2 N–H and O–H groups in total. The van der Waals surface area contributed by atoms with E-state index in [1.807, 2.05) is 5.38 Å². The lowest BCUT2D eigenvalue weighted by atomic mass is 9.97. The van der Waals surface area contributed by atoms with Crippen LogP contribution >= 0.6 is 11.3 Å². The number of ether oxygens (including phenoxy) is 1. The molecule has 5 nitrogen and oxygen atoms in total. The summed E-state index contributed by atoms with van der Waals surface area (Å²) in [6.07, 6.45) is 4.91. The number of aromatic carboxylic acids is 1. The highest BCUT2D eigenvalue weighted by Gasteiger charge is 2.33. The van der Waals surface area contributed by atoms with Gasteiger partial charge in [-0.25, -0.2) is 9.78 Å².